The van der Waals surface area contributed by atoms with E-state index >= 15 is 0 Å². The Morgan fingerprint density at radius 2 is 1.23 bits per heavy atom. The maximum absolute atomic E-state index is 9.88. The number of aliphatic carboxylic acids is 2. The summed E-state index contributed by atoms with van der Waals surface area (Å²) in [6, 6.07) is 0. The van der Waals surface area contributed by atoms with Crippen molar-refractivity contribution in [3.05, 3.63) is 0 Å². The van der Waals surface area contributed by atoms with Crippen LogP contribution in [0.5, 0.6) is 0 Å². The summed E-state index contributed by atoms with van der Waals surface area (Å²) in [7, 11) is 0. The molecule has 0 saturated heterocycles. The maximum atomic E-state index is 9.88. The van der Waals surface area contributed by atoms with Crippen LogP contribution in [-0.4, -0.2) is 64.7 Å². The molecule has 0 fully saturated rings. The number of thioether (sulfide) groups is 2. The number of tetrazole rings is 2. The summed E-state index contributed by atoms with van der Waals surface area (Å²) in [4.78, 5) is 19.8. The summed E-state index contributed by atoms with van der Waals surface area (Å²) in [5, 5.41) is 45.2. The van der Waals surface area contributed by atoms with E-state index in [2.05, 4.69) is 41.2 Å². The first-order valence-electron chi connectivity index (χ1n) is 4.70. The SMILES string of the molecule is O=C([O-])CSc1nnn[nH]1.O=C([O-])CSc1nnn[nH]1.[Na+].[Na+]. The smallest absolute Gasteiger partial charge is 0.549 e. The Balaban J connectivity index is 0. The Morgan fingerprint density at radius 3 is 1.45 bits per heavy atom. The van der Waals surface area contributed by atoms with Crippen LogP contribution in [0.1, 0.15) is 0 Å². The molecule has 0 saturated carbocycles. The standard InChI is InChI=1S/2C3H4N4O2S.2Na/c2*8-2(9)1-10-3-4-6-7-5-3;;/h2*1H2,(H,8,9)(H,4,5,6,7);;/q;;2*+1/p-2. The number of H-pyrrole nitrogens is 2. The van der Waals surface area contributed by atoms with E-state index in [9.17, 15) is 19.8 Å². The van der Waals surface area contributed by atoms with Crippen molar-refractivity contribution in [1.82, 2.24) is 41.2 Å². The number of hydrogen-bond acceptors (Lipinski definition) is 12. The maximum Gasteiger partial charge on any atom is 1.00 e. The number of aromatic amines is 2. The molecule has 0 aliphatic carbocycles. The summed E-state index contributed by atoms with van der Waals surface area (Å²) < 4.78 is 0. The normalized spacial score (nSPS) is 8.73. The van der Waals surface area contributed by atoms with Gasteiger partial charge in [-0.1, -0.05) is 23.5 Å². The van der Waals surface area contributed by atoms with Gasteiger partial charge in [-0.3, -0.25) is 0 Å². The van der Waals surface area contributed by atoms with Crippen LogP contribution in [0.4, 0.5) is 0 Å². The van der Waals surface area contributed by atoms with Gasteiger partial charge in [0.15, 0.2) is 0 Å². The van der Waals surface area contributed by atoms with Gasteiger partial charge in [-0.15, -0.1) is 10.2 Å². The molecule has 0 aliphatic heterocycles. The van der Waals surface area contributed by atoms with Crippen LogP contribution in [0.3, 0.4) is 0 Å². The van der Waals surface area contributed by atoms with E-state index in [-0.39, 0.29) is 70.6 Å². The fourth-order valence-electron chi connectivity index (χ4n) is 0.678. The van der Waals surface area contributed by atoms with Crippen molar-refractivity contribution in [3.8, 4) is 0 Å². The van der Waals surface area contributed by atoms with Gasteiger partial charge in [0.2, 0.25) is 10.3 Å². The minimum Gasteiger partial charge on any atom is -0.549 e. The van der Waals surface area contributed by atoms with E-state index < -0.39 is 11.9 Å². The van der Waals surface area contributed by atoms with E-state index in [1.165, 1.54) is 0 Å². The molecule has 0 amide bonds. The molecule has 22 heavy (non-hydrogen) atoms. The number of carboxylic acid groups (broad SMARTS) is 2. The summed E-state index contributed by atoms with van der Waals surface area (Å²) >= 11 is 1.96. The van der Waals surface area contributed by atoms with E-state index in [4.69, 9.17) is 0 Å². The van der Waals surface area contributed by atoms with E-state index in [0.717, 1.165) is 23.5 Å². The summed E-state index contributed by atoms with van der Waals surface area (Å²) in [5.41, 5.74) is 0. The molecule has 2 rings (SSSR count). The molecule has 0 aromatic carbocycles. The van der Waals surface area contributed by atoms with Crippen molar-refractivity contribution in [2.75, 3.05) is 11.5 Å². The number of hydrogen-bond donors (Lipinski definition) is 2. The van der Waals surface area contributed by atoms with Gasteiger partial charge in [0.1, 0.15) is 0 Å². The molecular formula is C6H6N8Na2O4S2. The summed E-state index contributed by atoms with van der Waals surface area (Å²) in [5.74, 6) is -2.56. The van der Waals surface area contributed by atoms with Gasteiger partial charge in [-0.25, -0.2) is 10.2 Å². The average molecular weight is 364 g/mol. The zero-order chi connectivity index (χ0) is 14.8. The van der Waals surface area contributed by atoms with Crippen LogP contribution in [0.2, 0.25) is 0 Å². The molecule has 2 heterocycles. The first kappa shape index (κ1) is 24.0. The van der Waals surface area contributed by atoms with Gasteiger partial charge in [0, 0.05) is 11.5 Å². The molecule has 12 nitrogen and oxygen atoms in total. The fraction of sp³-hybridized carbons (Fsp3) is 0.333. The van der Waals surface area contributed by atoms with E-state index in [1.54, 1.807) is 0 Å². The quantitative estimate of drug-likeness (QED) is 0.364. The van der Waals surface area contributed by atoms with Gasteiger partial charge >= 0.3 is 59.1 Å². The largest absolute Gasteiger partial charge is 1.00 e. The molecule has 0 aliphatic rings. The molecule has 108 valence electrons. The van der Waals surface area contributed by atoms with Gasteiger partial charge in [0.25, 0.3) is 0 Å². The minimum absolute atomic E-state index is 0. The fourth-order valence-corrected chi connectivity index (χ4v) is 1.59. The zero-order valence-corrected chi connectivity index (χ0v) is 17.2. The van der Waals surface area contributed by atoms with Crippen molar-refractivity contribution in [1.29, 1.82) is 0 Å². The third-order valence-corrected chi connectivity index (χ3v) is 2.96. The first-order chi connectivity index (χ1) is 9.58. The van der Waals surface area contributed by atoms with Gasteiger partial charge in [-0.05, 0) is 20.9 Å². The topological polar surface area (TPSA) is 189 Å². The minimum atomic E-state index is -1.14. The van der Waals surface area contributed by atoms with Crippen molar-refractivity contribution in [3.63, 3.8) is 0 Å². The Bertz CT molecular complexity index is 478. The third kappa shape index (κ3) is 12.3. The summed E-state index contributed by atoms with van der Waals surface area (Å²) in [6.45, 7) is 0. The Hall–Kier alpha value is -0.220. The number of nitrogens with zero attached hydrogens (tertiary/aromatic N) is 6. The molecule has 0 atom stereocenters. The average Bonchev–Trinajstić information content (AvgIpc) is 3.08. The van der Waals surface area contributed by atoms with E-state index in [0.29, 0.717) is 10.3 Å². The molecule has 0 unspecified atom stereocenters. The second-order valence-corrected chi connectivity index (χ2v) is 4.66. The summed E-state index contributed by atoms with van der Waals surface area (Å²) in [6.07, 6.45) is 0. The number of carboxylic acids is 2. The van der Waals surface area contributed by atoms with Crippen LogP contribution >= 0.6 is 23.5 Å². The van der Waals surface area contributed by atoms with Gasteiger partial charge in [0.05, 0.1) is 11.9 Å². The Labute approximate surface area is 175 Å². The van der Waals surface area contributed by atoms with Gasteiger partial charge < -0.3 is 19.8 Å². The Kier molecular flexibility index (Phi) is 15.7. The molecule has 2 aromatic rings. The number of nitrogens with one attached hydrogen (secondary N) is 2. The second-order valence-electron chi connectivity index (χ2n) is 2.73. The molecular weight excluding hydrogens is 358 g/mol. The van der Waals surface area contributed by atoms with Crippen molar-refractivity contribution >= 4 is 35.5 Å². The van der Waals surface area contributed by atoms with Crippen LogP contribution in [0, 0.1) is 0 Å². The molecule has 0 radical (unpaired) electrons. The second kappa shape index (κ2) is 14.4. The number of rotatable bonds is 6. The molecule has 2 N–H and O–H groups in total. The van der Waals surface area contributed by atoms with Crippen molar-refractivity contribution < 1.29 is 78.9 Å². The first-order valence-corrected chi connectivity index (χ1v) is 6.67. The molecule has 2 aromatic heterocycles. The van der Waals surface area contributed by atoms with Crippen LogP contribution < -0.4 is 69.3 Å². The molecule has 16 heteroatoms. The number of carbonyl (C=O) groups is 2. The number of aromatic nitrogens is 8. The third-order valence-electron chi connectivity index (χ3n) is 1.31. The predicted octanol–water partition coefficient (Wildman–Crippen LogP) is -9.91. The van der Waals surface area contributed by atoms with Crippen LogP contribution in [0.15, 0.2) is 10.3 Å². The Morgan fingerprint density at radius 1 is 0.864 bits per heavy atom. The zero-order valence-electron chi connectivity index (χ0n) is 11.5. The molecule has 0 spiro atoms. The van der Waals surface area contributed by atoms with Crippen LogP contribution in [-0.2, 0) is 9.59 Å². The number of carbonyl (C=O) groups excluding carboxylic acids is 2. The predicted molar refractivity (Wildman–Crippen MR) is 59.8 cm³/mol. The van der Waals surface area contributed by atoms with Crippen molar-refractivity contribution in [2.45, 2.75) is 10.3 Å². The monoisotopic (exact) mass is 364 g/mol. The van der Waals surface area contributed by atoms with Crippen molar-refractivity contribution in [2.24, 2.45) is 0 Å². The van der Waals surface area contributed by atoms with E-state index in [1.807, 2.05) is 0 Å². The van der Waals surface area contributed by atoms with Gasteiger partial charge in [-0.2, -0.15) is 0 Å². The molecule has 0 bridgehead atoms. The van der Waals surface area contributed by atoms with Crippen LogP contribution in [0.25, 0.3) is 0 Å².